The van der Waals surface area contributed by atoms with Crippen molar-refractivity contribution in [3.63, 3.8) is 0 Å². The largest absolute Gasteiger partial charge is 0.352 e. The summed E-state index contributed by atoms with van der Waals surface area (Å²) in [7, 11) is 0. The first kappa shape index (κ1) is 22.0. The lowest BCUT2D eigenvalue weighted by molar-refractivity contribution is 0.0954. The molecular formula is C27H34N2O. The standard InChI is InChI=1S/C27H34N2O/c1-4-5-6-7-8-9-12-19-28-27(30)25-21(3)26(22-17-15-20(2)16-18-22)29-24-14-11-10-13-23(24)25/h10-11,13-18H,4-9,12,19H2,1-3H3,(H,28,30). The summed E-state index contributed by atoms with van der Waals surface area (Å²) in [5.41, 5.74) is 5.69. The number of carbonyl (C=O) groups excluding carboxylic acids is 1. The van der Waals surface area contributed by atoms with Crippen LogP contribution in [0.15, 0.2) is 48.5 Å². The van der Waals surface area contributed by atoms with E-state index in [4.69, 9.17) is 4.98 Å². The Hall–Kier alpha value is -2.68. The topological polar surface area (TPSA) is 42.0 Å². The van der Waals surface area contributed by atoms with Crippen LogP contribution in [0.1, 0.15) is 73.4 Å². The Morgan fingerprint density at radius 3 is 2.27 bits per heavy atom. The van der Waals surface area contributed by atoms with Crippen LogP contribution < -0.4 is 5.32 Å². The molecule has 0 unspecified atom stereocenters. The zero-order valence-corrected chi connectivity index (χ0v) is 18.6. The van der Waals surface area contributed by atoms with Gasteiger partial charge >= 0.3 is 0 Å². The van der Waals surface area contributed by atoms with Crippen LogP contribution >= 0.6 is 0 Å². The minimum atomic E-state index is 0.00504. The van der Waals surface area contributed by atoms with E-state index in [1.54, 1.807) is 0 Å². The molecule has 0 saturated carbocycles. The number of benzene rings is 2. The van der Waals surface area contributed by atoms with E-state index in [1.807, 2.05) is 31.2 Å². The summed E-state index contributed by atoms with van der Waals surface area (Å²) < 4.78 is 0. The van der Waals surface area contributed by atoms with Gasteiger partial charge in [-0.15, -0.1) is 0 Å². The minimum Gasteiger partial charge on any atom is -0.352 e. The van der Waals surface area contributed by atoms with Crippen molar-refractivity contribution in [3.05, 3.63) is 65.2 Å². The third-order valence-corrected chi connectivity index (χ3v) is 5.75. The van der Waals surface area contributed by atoms with E-state index in [1.165, 1.54) is 44.1 Å². The van der Waals surface area contributed by atoms with E-state index in [9.17, 15) is 4.79 Å². The van der Waals surface area contributed by atoms with Crippen molar-refractivity contribution >= 4 is 16.8 Å². The molecule has 3 heteroatoms. The summed E-state index contributed by atoms with van der Waals surface area (Å²) in [6, 6.07) is 16.3. The summed E-state index contributed by atoms with van der Waals surface area (Å²) in [5, 5.41) is 4.07. The fourth-order valence-corrected chi connectivity index (χ4v) is 3.96. The predicted molar refractivity (Wildman–Crippen MR) is 127 cm³/mol. The van der Waals surface area contributed by atoms with E-state index >= 15 is 0 Å². The van der Waals surface area contributed by atoms with Gasteiger partial charge in [-0.3, -0.25) is 4.79 Å². The van der Waals surface area contributed by atoms with Crippen molar-refractivity contribution < 1.29 is 4.79 Å². The van der Waals surface area contributed by atoms with E-state index in [0.29, 0.717) is 0 Å². The van der Waals surface area contributed by atoms with Gasteiger partial charge in [-0.2, -0.15) is 0 Å². The highest BCUT2D eigenvalue weighted by atomic mass is 16.1. The summed E-state index contributed by atoms with van der Waals surface area (Å²) >= 11 is 0. The smallest absolute Gasteiger partial charge is 0.252 e. The molecule has 158 valence electrons. The zero-order chi connectivity index (χ0) is 21.3. The number of carbonyl (C=O) groups is 1. The average molecular weight is 403 g/mol. The highest BCUT2D eigenvalue weighted by Crippen LogP contribution is 2.29. The van der Waals surface area contributed by atoms with Crippen LogP contribution in [0.25, 0.3) is 22.2 Å². The highest BCUT2D eigenvalue weighted by Gasteiger charge is 2.18. The van der Waals surface area contributed by atoms with Crippen LogP contribution in [-0.4, -0.2) is 17.4 Å². The third-order valence-electron chi connectivity index (χ3n) is 5.75. The number of nitrogens with one attached hydrogen (secondary N) is 1. The Kier molecular flexibility index (Phi) is 8.01. The number of hydrogen-bond acceptors (Lipinski definition) is 2. The zero-order valence-electron chi connectivity index (χ0n) is 18.6. The third kappa shape index (κ3) is 5.47. The summed E-state index contributed by atoms with van der Waals surface area (Å²) in [4.78, 5) is 18.0. The van der Waals surface area contributed by atoms with Crippen LogP contribution in [-0.2, 0) is 0 Å². The monoisotopic (exact) mass is 402 g/mol. The number of nitrogens with zero attached hydrogens (tertiary/aromatic N) is 1. The Bertz CT molecular complexity index is 976. The van der Waals surface area contributed by atoms with Gasteiger partial charge in [-0.25, -0.2) is 4.98 Å². The molecule has 3 rings (SSSR count). The van der Waals surface area contributed by atoms with Crippen molar-refractivity contribution in [1.82, 2.24) is 10.3 Å². The van der Waals surface area contributed by atoms with Crippen LogP contribution in [0.4, 0.5) is 0 Å². The molecular weight excluding hydrogens is 368 g/mol. The number of aryl methyl sites for hydroxylation is 1. The maximum absolute atomic E-state index is 13.2. The normalized spacial score (nSPS) is 11.0. The van der Waals surface area contributed by atoms with Crippen molar-refractivity contribution in [2.24, 2.45) is 0 Å². The van der Waals surface area contributed by atoms with Gasteiger partial charge in [0.2, 0.25) is 0 Å². The van der Waals surface area contributed by atoms with Crippen LogP contribution in [0.5, 0.6) is 0 Å². The molecule has 3 nitrogen and oxygen atoms in total. The molecule has 0 aliphatic rings. The summed E-state index contributed by atoms with van der Waals surface area (Å²) in [5.74, 6) is 0.00504. The molecule has 0 radical (unpaired) electrons. The second-order valence-electron chi connectivity index (χ2n) is 8.22. The number of unbranched alkanes of at least 4 members (excludes halogenated alkanes) is 6. The quantitative estimate of drug-likeness (QED) is 0.371. The van der Waals surface area contributed by atoms with E-state index in [0.717, 1.165) is 46.3 Å². The van der Waals surface area contributed by atoms with Gasteiger partial charge in [0.25, 0.3) is 5.91 Å². The molecule has 0 atom stereocenters. The Morgan fingerprint density at radius 1 is 0.867 bits per heavy atom. The van der Waals surface area contributed by atoms with Crippen LogP contribution in [0.2, 0.25) is 0 Å². The first-order valence-electron chi connectivity index (χ1n) is 11.4. The van der Waals surface area contributed by atoms with Crippen molar-refractivity contribution in [3.8, 4) is 11.3 Å². The van der Waals surface area contributed by atoms with Crippen molar-refractivity contribution in [1.29, 1.82) is 0 Å². The number of rotatable bonds is 10. The first-order chi connectivity index (χ1) is 14.6. The molecule has 30 heavy (non-hydrogen) atoms. The van der Waals surface area contributed by atoms with Crippen LogP contribution in [0, 0.1) is 13.8 Å². The molecule has 2 aromatic carbocycles. The van der Waals surface area contributed by atoms with E-state index < -0.39 is 0 Å². The second-order valence-corrected chi connectivity index (χ2v) is 8.22. The highest BCUT2D eigenvalue weighted by molar-refractivity contribution is 6.08. The lowest BCUT2D eigenvalue weighted by atomic mass is 9.96. The van der Waals surface area contributed by atoms with Crippen molar-refractivity contribution in [2.75, 3.05) is 6.54 Å². The first-order valence-corrected chi connectivity index (χ1v) is 11.4. The van der Waals surface area contributed by atoms with Gasteiger partial charge in [0.05, 0.1) is 16.8 Å². The number of aromatic nitrogens is 1. The predicted octanol–water partition coefficient (Wildman–Crippen LogP) is 7.00. The van der Waals surface area contributed by atoms with Gasteiger partial charge in [0, 0.05) is 17.5 Å². The van der Waals surface area contributed by atoms with Gasteiger partial charge in [-0.05, 0) is 31.9 Å². The Balaban J connectivity index is 1.76. The minimum absolute atomic E-state index is 0.00504. The van der Waals surface area contributed by atoms with E-state index in [2.05, 4.69) is 43.4 Å². The molecule has 1 amide bonds. The lowest BCUT2D eigenvalue weighted by Gasteiger charge is -2.15. The molecule has 1 heterocycles. The van der Waals surface area contributed by atoms with Gasteiger partial charge in [-0.1, -0.05) is 93.5 Å². The molecule has 0 aliphatic carbocycles. The fraction of sp³-hybridized carbons (Fsp3) is 0.407. The summed E-state index contributed by atoms with van der Waals surface area (Å²) in [6.45, 7) is 7.05. The molecule has 1 aromatic heterocycles. The van der Waals surface area contributed by atoms with Crippen molar-refractivity contribution in [2.45, 2.75) is 65.7 Å². The molecule has 3 aromatic rings. The molecule has 0 saturated heterocycles. The Morgan fingerprint density at radius 2 is 1.53 bits per heavy atom. The Labute approximate surface area is 180 Å². The maximum Gasteiger partial charge on any atom is 0.252 e. The van der Waals surface area contributed by atoms with Gasteiger partial charge in [0.1, 0.15) is 0 Å². The molecule has 0 spiro atoms. The molecule has 0 aliphatic heterocycles. The molecule has 0 bridgehead atoms. The second kappa shape index (κ2) is 10.9. The van der Waals surface area contributed by atoms with Gasteiger partial charge < -0.3 is 5.32 Å². The number of amides is 1. The number of pyridine rings is 1. The number of fused-ring (bicyclic) bond motifs is 1. The number of para-hydroxylation sites is 1. The lowest BCUT2D eigenvalue weighted by Crippen LogP contribution is -2.26. The van der Waals surface area contributed by atoms with Gasteiger partial charge in [0.15, 0.2) is 0 Å². The SMILES string of the molecule is CCCCCCCCCNC(=O)c1c(C)c(-c2ccc(C)cc2)nc2ccccc12. The van der Waals surface area contributed by atoms with Crippen LogP contribution in [0.3, 0.4) is 0 Å². The average Bonchev–Trinajstić information content (AvgIpc) is 2.75. The molecule has 1 N–H and O–H groups in total. The molecule has 0 fully saturated rings. The summed E-state index contributed by atoms with van der Waals surface area (Å²) in [6.07, 6.45) is 8.70. The number of hydrogen-bond donors (Lipinski definition) is 1. The van der Waals surface area contributed by atoms with E-state index in [-0.39, 0.29) is 5.91 Å². The fourth-order valence-electron chi connectivity index (χ4n) is 3.96. The maximum atomic E-state index is 13.2.